The van der Waals surface area contributed by atoms with Crippen molar-refractivity contribution < 1.29 is 4.79 Å². The zero-order chi connectivity index (χ0) is 12.4. The van der Waals surface area contributed by atoms with E-state index in [0.29, 0.717) is 27.2 Å². The second-order valence-electron chi connectivity index (χ2n) is 3.37. The molecule has 2 aromatic rings. The van der Waals surface area contributed by atoms with Crippen molar-refractivity contribution in [3.05, 3.63) is 34.6 Å². The molecule has 0 spiro atoms. The molecule has 17 heavy (non-hydrogen) atoms. The summed E-state index contributed by atoms with van der Waals surface area (Å²) in [4.78, 5) is 15.9. The minimum atomic E-state index is -0.310. The third-order valence-corrected chi connectivity index (χ3v) is 2.87. The monoisotopic (exact) mass is 268 g/mol. The van der Waals surface area contributed by atoms with Crippen molar-refractivity contribution in [1.29, 1.82) is 0 Å². The number of nitrogens with two attached hydrogens (primary N) is 1. The Morgan fingerprint density at radius 1 is 1.47 bits per heavy atom. The third kappa shape index (κ3) is 2.92. The van der Waals surface area contributed by atoms with Crippen LogP contribution in [0.1, 0.15) is 16.2 Å². The molecule has 0 saturated heterocycles. The Bertz CT molecular complexity index is 549. The van der Waals surface area contributed by atoms with Crippen molar-refractivity contribution in [2.24, 2.45) is 0 Å². The average molecular weight is 269 g/mol. The van der Waals surface area contributed by atoms with Gasteiger partial charge in [0.15, 0.2) is 0 Å². The number of carbonyl (C=O) groups excluding carboxylic acids is 1. The van der Waals surface area contributed by atoms with Crippen LogP contribution in [0.25, 0.3) is 0 Å². The van der Waals surface area contributed by atoms with Crippen LogP contribution in [0.3, 0.4) is 0 Å². The predicted octanol–water partition coefficient (Wildman–Crippen LogP) is 2.33. The smallest absolute Gasteiger partial charge is 0.257 e. The molecule has 0 aliphatic rings. The lowest BCUT2D eigenvalue weighted by atomic mass is 10.2. The number of hydrogen-bond acceptors (Lipinski definition) is 5. The maximum absolute atomic E-state index is 11.8. The van der Waals surface area contributed by atoms with Crippen LogP contribution in [0.5, 0.6) is 0 Å². The molecule has 88 valence electrons. The number of carbonyl (C=O) groups is 1. The first kappa shape index (κ1) is 11.8. The Morgan fingerprint density at radius 3 is 2.82 bits per heavy atom. The van der Waals surface area contributed by atoms with Crippen molar-refractivity contribution in [3.8, 4) is 0 Å². The molecule has 0 atom stereocenters. The summed E-state index contributed by atoms with van der Waals surface area (Å²) in [6, 6.07) is 4.67. The first-order chi connectivity index (χ1) is 8.04. The maximum Gasteiger partial charge on any atom is 0.257 e. The van der Waals surface area contributed by atoms with Crippen LogP contribution in [0.15, 0.2) is 18.2 Å². The molecule has 1 aromatic carbocycles. The van der Waals surface area contributed by atoms with Crippen LogP contribution in [-0.4, -0.2) is 15.3 Å². The molecule has 2 rings (SSSR count). The van der Waals surface area contributed by atoms with E-state index >= 15 is 0 Å². The van der Waals surface area contributed by atoms with Gasteiger partial charge < -0.3 is 5.73 Å². The van der Waals surface area contributed by atoms with Crippen molar-refractivity contribution in [1.82, 2.24) is 9.36 Å². The summed E-state index contributed by atoms with van der Waals surface area (Å²) in [6.45, 7) is 1.75. The fourth-order valence-corrected chi connectivity index (χ4v) is 2.07. The molecule has 0 aliphatic carbocycles. The Hall–Kier alpha value is -1.66. The highest BCUT2D eigenvalue weighted by molar-refractivity contribution is 7.09. The molecule has 7 heteroatoms. The van der Waals surface area contributed by atoms with Crippen LogP contribution in [0.4, 0.5) is 10.8 Å². The minimum absolute atomic E-state index is 0.310. The van der Waals surface area contributed by atoms with Gasteiger partial charge in [-0.25, -0.2) is 4.98 Å². The van der Waals surface area contributed by atoms with E-state index < -0.39 is 0 Å². The van der Waals surface area contributed by atoms with E-state index in [1.54, 1.807) is 25.1 Å². The molecule has 1 amide bonds. The van der Waals surface area contributed by atoms with Crippen molar-refractivity contribution in [3.63, 3.8) is 0 Å². The minimum Gasteiger partial charge on any atom is -0.399 e. The lowest BCUT2D eigenvalue weighted by Crippen LogP contribution is -2.12. The van der Waals surface area contributed by atoms with Gasteiger partial charge in [0.25, 0.3) is 5.91 Å². The molecule has 0 unspecified atom stereocenters. The fourth-order valence-electron chi connectivity index (χ4n) is 1.26. The summed E-state index contributed by atoms with van der Waals surface area (Å²) in [6.07, 6.45) is 0. The van der Waals surface area contributed by atoms with Gasteiger partial charge >= 0.3 is 0 Å². The summed E-state index contributed by atoms with van der Waals surface area (Å²) in [7, 11) is 0. The van der Waals surface area contributed by atoms with Crippen LogP contribution < -0.4 is 11.1 Å². The topological polar surface area (TPSA) is 80.9 Å². The van der Waals surface area contributed by atoms with Gasteiger partial charge in [-0.2, -0.15) is 4.37 Å². The van der Waals surface area contributed by atoms with Crippen molar-refractivity contribution in [2.75, 3.05) is 11.1 Å². The number of aryl methyl sites for hydroxylation is 1. The number of hydrogen-bond donors (Lipinski definition) is 2. The molecule has 0 fully saturated rings. The van der Waals surface area contributed by atoms with Gasteiger partial charge in [0.1, 0.15) is 5.82 Å². The maximum atomic E-state index is 11.8. The normalized spacial score (nSPS) is 10.2. The van der Waals surface area contributed by atoms with Gasteiger partial charge in [-0.3, -0.25) is 10.1 Å². The summed E-state index contributed by atoms with van der Waals surface area (Å²) >= 11 is 6.94. The van der Waals surface area contributed by atoms with E-state index in [9.17, 15) is 4.79 Å². The predicted molar refractivity (Wildman–Crippen MR) is 68.5 cm³/mol. The van der Waals surface area contributed by atoms with Crippen molar-refractivity contribution >= 4 is 39.9 Å². The Labute approximate surface area is 107 Å². The molecular weight excluding hydrogens is 260 g/mol. The summed E-state index contributed by atoms with van der Waals surface area (Å²) in [5.41, 5.74) is 6.44. The van der Waals surface area contributed by atoms with Gasteiger partial charge in [0.2, 0.25) is 5.13 Å². The Morgan fingerprint density at radius 2 is 2.24 bits per heavy atom. The van der Waals surface area contributed by atoms with E-state index in [2.05, 4.69) is 14.7 Å². The molecular formula is C10H9ClN4OS. The molecule has 0 saturated carbocycles. The molecule has 1 heterocycles. The second-order valence-corrected chi connectivity index (χ2v) is 4.56. The van der Waals surface area contributed by atoms with Crippen molar-refractivity contribution in [2.45, 2.75) is 6.92 Å². The van der Waals surface area contributed by atoms with Gasteiger partial charge in [-0.15, -0.1) is 0 Å². The molecule has 0 bridgehead atoms. The van der Waals surface area contributed by atoms with E-state index in [4.69, 9.17) is 17.3 Å². The number of aromatic nitrogens is 2. The van der Waals surface area contributed by atoms with Crippen LogP contribution >= 0.6 is 23.1 Å². The van der Waals surface area contributed by atoms with E-state index in [1.165, 1.54) is 0 Å². The number of rotatable bonds is 2. The van der Waals surface area contributed by atoms with Crippen LogP contribution in [0, 0.1) is 6.92 Å². The summed E-state index contributed by atoms with van der Waals surface area (Å²) in [5.74, 6) is 0.311. The SMILES string of the molecule is Cc1nsc(NC(=O)c2cc(N)cc(Cl)c2)n1. The van der Waals surface area contributed by atoms with E-state index in [1.807, 2.05) is 0 Å². The largest absolute Gasteiger partial charge is 0.399 e. The highest BCUT2D eigenvalue weighted by Crippen LogP contribution is 2.18. The van der Waals surface area contributed by atoms with Gasteiger partial charge in [0, 0.05) is 27.8 Å². The van der Waals surface area contributed by atoms with Gasteiger partial charge in [-0.1, -0.05) is 11.6 Å². The lowest BCUT2D eigenvalue weighted by Gasteiger charge is -2.03. The Kier molecular flexibility index (Phi) is 3.26. The number of amides is 1. The lowest BCUT2D eigenvalue weighted by molar-refractivity contribution is 0.102. The van der Waals surface area contributed by atoms with E-state index in [0.717, 1.165) is 11.5 Å². The van der Waals surface area contributed by atoms with Crippen LogP contribution in [0.2, 0.25) is 5.02 Å². The quantitative estimate of drug-likeness (QED) is 0.819. The number of nitrogens with zero attached hydrogens (tertiary/aromatic N) is 2. The van der Waals surface area contributed by atoms with Gasteiger partial charge in [0.05, 0.1) is 0 Å². The highest BCUT2D eigenvalue weighted by Gasteiger charge is 2.10. The summed E-state index contributed by atoms with van der Waals surface area (Å²) < 4.78 is 3.96. The third-order valence-electron chi connectivity index (χ3n) is 1.93. The first-order valence-corrected chi connectivity index (χ1v) is 5.87. The summed E-state index contributed by atoms with van der Waals surface area (Å²) in [5, 5.41) is 3.50. The number of halogens is 1. The molecule has 5 nitrogen and oxygen atoms in total. The molecule has 0 aliphatic heterocycles. The molecule has 3 N–H and O–H groups in total. The van der Waals surface area contributed by atoms with Crippen LogP contribution in [-0.2, 0) is 0 Å². The van der Waals surface area contributed by atoms with Gasteiger partial charge in [-0.05, 0) is 25.1 Å². The first-order valence-electron chi connectivity index (χ1n) is 4.72. The highest BCUT2D eigenvalue weighted by atomic mass is 35.5. The molecule has 0 radical (unpaired) electrons. The second kappa shape index (κ2) is 4.68. The zero-order valence-electron chi connectivity index (χ0n) is 8.90. The number of benzene rings is 1. The number of nitrogens with one attached hydrogen (secondary N) is 1. The molecule has 1 aromatic heterocycles. The fraction of sp³-hybridized carbons (Fsp3) is 0.100. The number of anilines is 2. The number of nitrogen functional groups attached to an aromatic ring is 1. The van der Waals surface area contributed by atoms with E-state index in [-0.39, 0.29) is 5.91 Å². The zero-order valence-corrected chi connectivity index (χ0v) is 10.5. The average Bonchev–Trinajstić information content (AvgIpc) is 2.62. The Balaban J connectivity index is 2.19. The standard InChI is InChI=1S/C10H9ClN4OS/c1-5-13-10(17-15-5)14-9(16)6-2-7(11)4-8(12)3-6/h2-4H,12H2,1H3,(H,13,14,15,16).